The summed E-state index contributed by atoms with van der Waals surface area (Å²) in [4.78, 5) is 27.0. The van der Waals surface area contributed by atoms with Gasteiger partial charge in [-0.15, -0.1) is 0 Å². The van der Waals surface area contributed by atoms with Gasteiger partial charge >= 0.3 is 0 Å². The van der Waals surface area contributed by atoms with Crippen LogP contribution in [0.3, 0.4) is 0 Å². The SMILES string of the molecule is COCCCN1C(=O)C(=O)/C(=C(/O)c2ccc(Cl)cc2)[C@@H]1c1ccc(I)cc1. The second kappa shape index (κ2) is 9.07. The molecule has 1 aliphatic heterocycles. The van der Waals surface area contributed by atoms with E-state index in [0.29, 0.717) is 30.2 Å². The van der Waals surface area contributed by atoms with Gasteiger partial charge in [0.25, 0.3) is 11.7 Å². The van der Waals surface area contributed by atoms with E-state index in [2.05, 4.69) is 22.6 Å². The molecule has 1 aliphatic rings. The van der Waals surface area contributed by atoms with Gasteiger partial charge in [0.05, 0.1) is 11.6 Å². The second-order valence-electron chi connectivity index (χ2n) is 6.40. The van der Waals surface area contributed by atoms with Crippen LogP contribution in [0.4, 0.5) is 0 Å². The predicted octanol–water partition coefficient (Wildman–Crippen LogP) is 4.40. The van der Waals surface area contributed by atoms with Gasteiger partial charge in [0.1, 0.15) is 5.76 Å². The van der Waals surface area contributed by atoms with Gasteiger partial charge in [0.2, 0.25) is 0 Å². The number of nitrogens with zero attached hydrogens (tertiary/aromatic N) is 1. The van der Waals surface area contributed by atoms with Gasteiger partial charge < -0.3 is 14.7 Å². The number of likely N-dealkylation sites (tertiary alicyclic amines) is 1. The van der Waals surface area contributed by atoms with E-state index in [0.717, 1.165) is 9.13 Å². The van der Waals surface area contributed by atoms with Gasteiger partial charge in [0.15, 0.2) is 0 Å². The smallest absolute Gasteiger partial charge is 0.295 e. The van der Waals surface area contributed by atoms with E-state index in [4.69, 9.17) is 16.3 Å². The molecule has 1 atom stereocenters. The molecule has 1 fully saturated rings. The van der Waals surface area contributed by atoms with E-state index >= 15 is 0 Å². The van der Waals surface area contributed by atoms with Gasteiger partial charge in [-0.25, -0.2) is 0 Å². The largest absolute Gasteiger partial charge is 0.507 e. The van der Waals surface area contributed by atoms with Crippen molar-refractivity contribution in [3.05, 3.63) is 73.8 Å². The van der Waals surface area contributed by atoms with Crippen molar-refractivity contribution in [2.45, 2.75) is 12.5 Å². The standard InChI is InChI=1S/C21H19ClINO4/c1-28-12-2-11-24-18(13-5-9-16(23)10-6-13)17(20(26)21(24)27)19(25)14-3-7-15(22)8-4-14/h3-10,18,25H,2,11-12H2,1H3/b19-17+/t18-/m0/s1. The number of amides is 1. The van der Waals surface area contributed by atoms with Crippen molar-refractivity contribution in [2.75, 3.05) is 20.3 Å². The number of hydrogen-bond donors (Lipinski definition) is 1. The molecule has 1 saturated heterocycles. The number of aliphatic hydroxyl groups is 1. The van der Waals surface area contributed by atoms with Crippen LogP contribution in [0.5, 0.6) is 0 Å². The van der Waals surface area contributed by atoms with E-state index in [1.165, 1.54) is 4.90 Å². The minimum Gasteiger partial charge on any atom is -0.507 e. The third-order valence-electron chi connectivity index (χ3n) is 4.59. The molecular formula is C21H19ClINO4. The zero-order valence-corrected chi connectivity index (χ0v) is 18.1. The summed E-state index contributed by atoms with van der Waals surface area (Å²) in [6.07, 6.45) is 0.589. The van der Waals surface area contributed by atoms with E-state index in [9.17, 15) is 14.7 Å². The van der Waals surface area contributed by atoms with Gasteiger partial charge in [-0.2, -0.15) is 0 Å². The van der Waals surface area contributed by atoms with Gasteiger partial charge in [0, 0.05) is 34.4 Å². The van der Waals surface area contributed by atoms with E-state index in [1.54, 1.807) is 31.4 Å². The Morgan fingerprint density at radius 2 is 1.79 bits per heavy atom. The lowest BCUT2D eigenvalue weighted by Gasteiger charge is -2.25. The fourth-order valence-electron chi connectivity index (χ4n) is 3.24. The van der Waals surface area contributed by atoms with Crippen molar-refractivity contribution in [3.63, 3.8) is 0 Å². The molecule has 146 valence electrons. The third kappa shape index (κ3) is 4.24. The molecule has 0 aromatic heterocycles. The number of aliphatic hydroxyl groups excluding tert-OH is 1. The van der Waals surface area contributed by atoms with Crippen LogP contribution in [0.15, 0.2) is 54.1 Å². The first-order chi connectivity index (χ1) is 13.4. The third-order valence-corrected chi connectivity index (χ3v) is 5.56. The van der Waals surface area contributed by atoms with E-state index in [1.807, 2.05) is 24.3 Å². The van der Waals surface area contributed by atoms with Crippen LogP contribution in [-0.4, -0.2) is 42.0 Å². The number of benzene rings is 2. The van der Waals surface area contributed by atoms with Gasteiger partial charge in [-0.3, -0.25) is 9.59 Å². The number of ether oxygens (including phenoxy) is 1. The monoisotopic (exact) mass is 511 g/mol. The van der Waals surface area contributed by atoms with Crippen LogP contribution in [0.1, 0.15) is 23.6 Å². The van der Waals surface area contributed by atoms with Crippen molar-refractivity contribution in [1.29, 1.82) is 0 Å². The molecule has 0 unspecified atom stereocenters. The molecule has 0 spiro atoms. The Kier molecular flexibility index (Phi) is 6.74. The number of ketones is 1. The minimum absolute atomic E-state index is 0.0888. The molecule has 0 bridgehead atoms. The Balaban J connectivity index is 2.10. The highest BCUT2D eigenvalue weighted by Gasteiger charge is 2.45. The van der Waals surface area contributed by atoms with Crippen molar-refractivity contribution >= 4 is 51.6 Å². The molecule has 1 N–H and O–H groups in total. The number of halogens is 2. The van der Waals surface area contributed by atoms with Crippen molar-refractivity contribution in [1.82, 2.24) is 4.90 Å². The molecule has 3 rings (SSSR count). The van der Waals surface area contributed by atoms with E-state index < -0.39 is 17.7 Å². The minimum atomic E-state index is -0.687. The Labute approximate surface area is 182 Å². The summed E-state index contributed by atoms with van der Waals surface area (Å²) in [5.41, 5.74) is 1.30. The highest BCUT2D eigenvalue weighted by atomic mass is 127. The number of Topliss-reactive ketones (excluding diaryl/α,β-unsaturated/α-hetero) is 1. The zero-order chi connectivity index (χ0) is 20.3. The summed E-state index contributed by atoms with van der Waals surface area (Å²) in [7, 11) is 1.59. The first kappa shape index (κ1) is 20.8. The average Bonchev–Trinajstić information content (AvgIpc) is 2.94. The topological polar surface area (TPSA) is 66.8 Å². The molecule has 2 aromatic carbocycles. The summed E-state index contributed by atoms with van der Waals surface area (Å²) in [5, 5.41) is 11.4. The lowest BCUT2D eigenvalue weighted by molar-refractivity contribution is -0.140. The fraction of sp³-hybridized carbons (Fsp3) is 0.238. The van der Waals surface area contributed by atoms with Crippen LogP contribution in [0.25, 0.3) is 5.76 Å². The predicted molar refractivity (Wildman–Crippen MR) is 116 cm³/mol. The molecule has 1 heterocycles. The maximum absolute atomic E-state index is 12.8. The summed E-state index contributed by atoms with van der Waals surface area (Å²) in [5.74, 6) is -1.50. The lowest BCUT2D eigenvalue weighted by Crippen LogP contribution is -2.31. The van der Waals surface area contributed by atoms with E-state index in [-0.39, 0.29) is 11.3 Å². The van der Waals surface area contributed by atoms with Crippen LogP contribution in [0, 0.1) is 3.57 Å². The fourth-order valence-corrected chi connectivity index (χ4v) is 3.73. The van der Waals surface area contributed by atoms with Crippen LogP contribution < -0.4 is 0 Å². The molecule has 5 nitrogen and oxygen atoms in total. The lowest BCUT2D eigenvalue weighted by atomic mass is 9.95. The van der Waals surface area contributed by atoms with Crippen molar-refractivity contribution in [3.8, 4) is 0 Å². The maximum Gasteiger partial charge on any atom is 0.295 e. The van der Waals surface area contributed by atoms with Crippen LogP contribution >= 0.6 is 34.2 Å². The Bertz CT molecular complexity index is 909. The number of rotatable bonds is 6. The first-order valence-corrected chi connectivity index (χ1v) is 10.2. The zero-order valence-electron chi connectivity index (χ0n) is 15.2. The van der Waals surface area contributed by atoms with Gasteiger partial charge in [-0.1, -0.05) is 23.7 Å². The normalized spacial score (nSPS) is 18.7. The highest BCUT2D eigenvalue weighted by Crippen LogP contribution is 2.39. The molecular weight excluding hydrogens is 493 g/mol. The Morgan fingerprint density at radius 3 is 2.39 bits per heavy atom. The summed E-state index contributed by atoms with van der Waals surface area (Å²) in [6, 6.07) is 13.4. The summed E-state index contributed by atoms with van der Waals surface area (Å²) < 4.78 is 6.11. The van der Waals surface area contributed by atoms with Crippen molar-refractivity contribution in [2.24, 2.45) is 0 Å². The number of methoxy groups -OCH3 is 1. The molecule has 7 heteroatoms. The summed E-state index contributed by atoms with van der Waals surface area (Å²) in [6.45, 7) is 0.825. The number of hydrogen-bond acceptors (Lipinski definition) is 4. The second-order valence-corrected chi connectivity index (χ2v) is 8.08. The quantitative estimate of drug-likeness (QED) is 0.205. The molecule has 0 saturated carbocycles. The first-order valence-electron chi connectivity index (χ1n) is 8.72. The molecule has 0 radical (unpaired) electrons. The Hall–Kier alpha value is -1.90. The average molecular weight is 512 g/mol. The number of carbonyl (C=O) groups is 2. The molecule has 28 heavy (non-hydrogen) atoms. The van der Waals surface area contributed by atoms with Crippen LogP contribution in [0.2, 0.25) is 5.02 Å². The molecule has 1 amide bonds. The summed E-state index contributed by atoms with van der Waals surface area (Å²) >= 11 is 8.12. The molecule has 2 aromatic rings. The van der Waals surface area contributed by atoms with Crippen LogP contribution in [-0.2, 0) is 14.3 Å². The maximum atomic E-state index is 12.8. The highest BCUT2D eigenvalue weighted by molar-refractivity contribution is 14.1. The van der Waals surface area contributed by atoms with Crippen molar-refractivity contribution < 1.29 is 19.4 Å². The Morgan fingerprint density at radius 1 is 1.14 bits per heavy atom. The number of carbonyl (C=O) groups excluding carboxylic acids is 2. The van der Waals surface area contributed by atoms with Gasteiger partial charge in [-0.05, 0) is 71.0 Å². The molecule has 0 aliphatic carbocycles.